The minimum atomic E-state index is -4.25. The number of fused-ring (bicyclic) bond motifs is 1. The van der Waals surface area contributed by atoms with Gasteiger partial charge in [-0.3, -0.25) is 4.55 Å². The van der Waals surface area contributed by atoms with Gasteiger partial charge in [-0.2, -0.15) is 8.42 Å². The van der Waals surface area contributed by atoms with Crippen LogP contribution in [0.4, 0.5) is 0 Å². The molecule has 0 saturated heterocycles. The van der Waals surface area contributed by atoms with Crippen molar-refractivity contribution in [1.29, 1.82) is 0 Å². The third-order valence-corrected chi connectivity index (χ3v) is 2.96. The predicted octanol–water partition coefficient (Wildman–Crippen LogP) is -1.84. The van der Waals surface area contributed by atoms with E-state index in [2.05, 4.69) is 0 Å². The Hall–Kier alpha value is 0.0464. The molecule has 0 heterocycles. The summed E-state index contributed by atoms with van der Waals surface area (Å²) in [5, 5.41) is 12.3. The van der Waals surface area contributed by atoms with Crippen LogP contribution in [0.3, 0.4) is 0 Å². The second kappa shape index (κ2) is 5.13. The van der Waals surface area contributed by atoms with Crippen molar-refractivity contribution in [2.75, 3.05) is 0 Å². The van der Waals surface area contributed by atoms with Crippen molar-refractivity contribution < 1.29 is 69.5 Å². The largest absolute Gasteiger partial charge is 1.00 e. The Kier molecular flexibility index (Phi) is 4.53. The molecule has 0 spiro atoms. The zero-order valence-corrected chi connectivity index (χ0v) is 12.5. The molecule has 0 aliphatic heterocycles. The first-order valence-electron chi connectivity index (χ1n) is 4.16. The topological polar surface area (TPSA) is 77.4 Å². The minimum Gasteiger partial charge on any atom is -0.872 e. The monoisotopic (exact) mass is 262 g/mol. The smallest absolute Gasteiger partial charge is 0.872 e. The summed E-state index contributed by atoms with van der Waals surface area (Å²) in [5.74, 6) is -0.266. The fourth-order valence-electron chi connectivity index (χ4n) is 1.38. The fourth-order valence-corrected chi connectivity index (χ4v) is 1.89. The van der Waals surface area contributed by atoms with E-state index in [4.69, 9.17) is 4.55 Å². The van der Waals surface area contributed by atoms with E-state index in [0.717, 1.165) is 0 Å². The molecule has 78 valence electrons. The summed E-state index contributed by atoms with van der Waals surface area (Å²) in [6.07, 6.45) is 0. The van der Waals surface area contributed by atoms with Crippen LogP contribution in [0.15, 0.2) is 41.3 Å². The Morgan fingerprint density at radius 2 is 1.81 bits per heavy atom. The van der Waals surface area contributed by atoms with Gasteiger partial charge in [0.25, 0.3) is 10.1 Å². The molecule has 0 aromatic heterocycles. The van der Waals surface area contributed by atoms with Gasteiger partial charge in [-0.1, -0.05) is 24.3 Å². The summed E-state index contributed by atoms with van der Waals surface area (Å²) in [7, 11) is -4.25. The first kappa shape index (κ1) is 14.1. The van der Waals surface area contributed by atoms with Gasteiger partial charge in [0.15, 0.2) is 0 Å². The summed E-state index contributed by atoms with van der Waals surface area (Å²) in [6, 6.07) is 8.56. The molecule has 0 amide bonds. The van der Waals surface area contributed by atoms with E-state index >= 15 is 0 Å². The summed E-state index contributed by atoms with van der Waals surface area (Å²) < 4.78 is 30.5. The Morgan fingerprint density at radius 3 is 2.44 bits per heavy atom. The molecular weight excluding hydrogens is 255 g/mol. The average molecular weight is 262 g/mol. The fraction of sp³-hybridized carbons (Fsp3) is 0. The molecule has 0 aliphatic carbocycles. The van der Waals surface area contributed by atoms with E-state index < -0.39 is 10.1 Å². The zero-order chi connectivity index (χ0) is 11.1. The normalized spacial score (nSPS) is 11.1. The van der Waals surface area contributed by atoms with Gasteiger partial charge in [0, 0.05) is 0 Å². The first-order chi connectivity index (χ1) is 6.98. The molecule has 0 bridgehead atoms. The van der Waals surface area contributed by atoms with Gasteiger partial charge in [0.2, 0.25) is 0 Å². The van der Waals surface area contributed by atoms with Gasteiger partial charge in [-0.25, -0.2) is 0 Å². The first-order valence-corrected chi connectivity index (χ1v) is 5.60. The van der Waals surface area contributed by atoms with Crippen molar-refractivity contribution >= 4 is 20.9 Å². The zero-order valence-electron chi connectivity index (χ0n) is 8.54. The molecule has 0 radical (unpaired) electrons. The quantitative estimate of drug-likeness (QED) is 0.484. The standard InChI is InChI=1S/C10H8O4S.K/c11-10-3-1-2-7-4-5-8(6-9(7)10)15(12,13)14;/h1-6,11H,(H,12,13,14);/q;+1/p-1. The van der Waals surface area contributed by atoms with Crippen molar-refractivity contribution in [1.82, 2.24) is 0 Å². The maximum Gasteiger partial charge on any atom is 1.00 e. The summed E-state index contributed by atoms with van der Waals surface area (Å²) in [5.41, 5.74) is 0. The third-order valence-electron chi connectivity index (χ3n) is 2.11. The van der Waals surface area contributed by atoms with Crippen LogP contribution in [0.1, 0.15) is 0 Å². The van der Waals surface area contributed by atoms with Gasteiger partial charge in [-0.05, 0) is 22.9 Å². The van der Waals surface area contributed by atoms with E-state index in [-0.39, 0.29) is 67.4 Å². The van der Waals surface area contributed by atoms with Crippen molar-refractivity contribution in [3.8, 4) is 5.75 Å². The molecule has 2 rings (SSSR count). The summed E-state index contributed by atoms with van der Waals surface area (Å²) in [6.45, 7) is 0. The maximum absolute atomic E-state index is 11.4. The van der Waals surface area contributed by atoms with E-state index in [1.165, 1.54) is 24.3 Å². The molecule has 0 saturated carbocycles. The van der Waals surface area contributed by atoms with Gasteiger partial charge < -0.3 is 5.11 Å². The van der Waals surface area contributed by atoms with E-state index in [1.807, 2.05) is 0 Å². The van der Waals surface area contributed by atoms with Crippen LogP contribution >= 0.6 is 0 Å². The summed E-state index contributed by atoms with van der Waals surface area (Å²) in [4.78, 5) is -0.265. The molecule has 6 heteroatoms. The maximum atomic E-state index is 11.4. The van der Waals surface area contributed by atoms with Gasteiger partial charge >= 0.3 is 51.4 Å². The number of hydrogen-bond donors (Lipinski definition) is 1. The number of benzene rings is 2. The molecule has 1 N–H and O–H groups in total. The Morgan fingerprint density at radius 1 is 1.12 bits per heavy atom. The Balaban J connectivity index is 0.00000128. The van der Waals surface area contributed by atoms with Crippen LogP contribution < -0.4 is 56.5 Å². The van der Waals surface area contributed by atoms with Crippen LogP contribution in [0.5, 0.6) is 5.75 Å². The molecule has 0 unspecified atom stereocenters. The third kappa shape index (κ3) is 2.83. The Labute approximate surface area is 135 Å². The van der Waals surface area contributed by atoms with Crippen LogP contribution in [-0.2, 0) is 10.1 Å². The molecule has 2 aromatic carbocycles. The SMILES string of the molecule is O=S(=O)(O)c1ccc2cccc([O-])c2c1.[K+]. The number of rotatable bonds is 1. The predicted molar refractivity (Wildman–Crippen MR) is 53.2 cm³/mol. The van der Waals surface area contributed by atoms with Crippen LogP contribution in [0.25, 0.3) is 10.8 Å². The average Bonchev–Trinajstić information content (AvgIpc) is 2.16. The molecule has 0 atom stereocenters. The van der Waals surface area contributed by atoms with Crippen LogP contribution in [0, 0.1) is 0 Å². The molecule has 0 fully saturated rings. The van der Waals surface area contributed by atoms with Crippen molar-refractivity contribution in [3.63, 3.8) is 0 Å². The van der Waals surface area contributed by atoms with E-state index in [1.54, 1.807) is 12.1 Å². The van der Waals surface area contributed by atoms with E-state index in [9.17, 15) is 13.5 Å². The second-order valence-electron chi connectivity index (χ2n) is 3.11. The molecule has 0 aliphatic rings. The van der Waals surface area contributed by atoms with Gasteiger partial charge in [0.1, 0.15) is 0 Å². The Bertz CT molecular complexity index is 622. The molecule has 2 aromatic rings. The second-order valence-corrected chi connectivity index (χ2v) is 4.54. The molecule has 16 heavy (non-hydrogen) atoms. The van der Waals surface area contributed by atoms with Crippen molar-refractivity contribution in [2.45, 2.75) is 4.90 Å². The van der Waals surface area contributed by atoms with Gasteiger partial charge in [0.05, 0.1) is 4.90 Å². The van der Waals surface area contributed by atoms with Crippen LogP contribution in [-0.4, -0.2) is 13.0 Å². The minimum absolute atomic E-state index is 0. The van der Waals surface area contributed by atoms with E-state index in [0.29, 0.717) is 5.39 Å². The van der Waals surface area contributed by atoms with Crippen molar-refractivity contribution in [2.24, 2.45) is 0 Å². The van der Waals surface area contributed by atoms with Gasteiger partial charge in [-0.15, -0.1) is 5.75 Å². The summed E-state index contributed by atoms with van der Waals surface area (Å²) >= 11 is 0. The van der Waals surface area contributed by atoms with Crippen LogP contribution in [0.2, 0.25) is 0 Å². The molecule has 4 nitrogen and oxygen atoms in total. The van der Waals surface area contributed by atoms with Crippen molar-refractivity contribution in [3.05, 3.63) is 36.4 Å². The molecular formula is C10H7KO4S. The number of hydrogen-bond acceptors (Lipinski definition) is 3.